The normalized spacial score (nSPS) is 10.4. The van der Waals surface area contributed by atoms with Gasteiger partial charge in [-0.1, -0.05) is 26.7 Å². The fourth-order valence-corrected chi connectivity index (χ4v) is 1.48. The Hall–Kier alpha value is -1.65. The summed E-state index contributed by atoms with van der Waals surface area (Å²) in [6.45, 7) is 4.95. The van der Waals surface area contributed by atoms with Crippen LogP contribution in [0.3, 0.4) is 0 Å². The maximum atomic E-state index is 11.7. The molecule has 0 spiro atoms. The van der Waals surface area contributed by atoms with Crippen LogP contribution in [-0.4, -0.2) is 29.5 Å². The molecule has 0 unspecified atom stereocenters. The van der Waals surface area contributed by atoms with Gasteiger partial charge >= 0.3 is 0 Å². The number of rotatable bonds is 6. The molecule has 0 saturated carbocycles. The number of carbonyl (C=O) groups is 1. The second kappa shape index (κ2) is 6.83. The van der Waals surface area contributed by atoms with Crippen molar-refractivity contribution in [2.45, 2.75) is 26.7 Å². The van der Waals surface area contributed by atoms with Gasteiger partial charge < -0.3 is 10.6 Å². The molecular weight excluding hydrogens is 216 g/mol. The molecule has 5 nitrogen and oxygen atoms in total. The number of anilines is 1. The summed E-state index contributed by atoms with van der Waals surface area (Å²) < 4.78 is 0. The van der Waals surface area contributed by atoms with Gasteiger partial charge in [0.1, 0.15) is 11.5 Å². The van der Waals surface area contributed by atoms with Crippen molar-refractivity contribution < 1.29 is 4.79 Å². The van der Waals surface area contributed by atoms with Gasteiger partial charge in [0, 0.05) is 13.6 Å². The molecule has 1 heterocycles. The molecule has 0 fully saturated rings. The van der Waals surface area contributed by atoms with Crippen LogP contribution in [0.5, 0.6) is 0 Å². The van der Waals surface area contributed by atoms with E-state index < -0.39 is 0 Å². The minimum absolute atomic E-state index is 0.160. The first kappa shape index (κ1) is 13.4. The van der Waals surface area contributed by atoms with Crippen molar-refractivity contribution in [3.63, 3.8) is 0 Å². The Morgan fingerprint density at radius 2 is 2.00 bits per heavy atom. The molecule has 5 heteroatoms. The molecule has 0 aromatic carbocycles. The van der Waals surface area contributed by atoms with Crippen LogP contribution in [0.2, 0.25) is 0 Å². The topological polar surface area (TPSA) is 66.9 Å². The van der Waals surface area contributed by atoms with Crippen molar-refractivity contribution in [3.8, 4) is 0 Å². The van der Waals surface area contributed by atoms with Crippen molar-refractivity contribution >= 4 is 11.7 Å². The Bertz CT molecular complexity index is 346. The standard InChI is InChI=1S/C12H20N4O/c1-4-9(5-2)6-16-12(17)10-7-15-11(13-3)8-14-10/h7-9H,4-6H2,1-3H3,(H,13,15)(H,16,17). The molecule has 1 aromatic rings. The van der Waals surface area contributed by atoms with Gasteiger partial charge in [-0.2, -0.15) is 0 Å². The summed E-state index contributed by atoms with van der Waals surface area (Å²) in [5.41, 5.74) is 0.356. The first-order chi connectivity index (χ1) is 8.21. The third kappa shape index (κ3) is 4.01. The summed E-state index contributed by atoms with van der Waals surface area (Å²) in [6.07, 6.45) is 5.17. The zero-order valence-electron chi connectivity index (χ0n) is 10.7. The predicted octanol–water partition coefficient (Wildman–Crippen LogP) is 1.68. The number of amides is 1. The van der Waals surface area contributed by atoms with E-state index in [1.165, 1.54) is 6.20 Å². The van der Waals surface area contributed by atoms with E-state index in [0.29, 0.717) is 24.0 Å². The Morgan fingerprint density at radius 1 is 1.29 bits per heavy atom. The third-order valence-electron chi connectivity index (χ3n) is 2.85. The van der Waals surface area contributed by atoms with Gasteiger partial charge in [-0.15, -0.1) is 0 Å². The highest BCUT2D eigenvalue weighted by Crippen LogP contribution is 2.06. The predicted molar refractivity (Wildman–Crippen MR) is 68.0 cm³/mol. The van der Waals surface area contributed by atoms with E-state index in [2.05, 4.69) is 34.4 Å². The fourth-order valence-electron chi connectivity index (χ4n) is 1.48. The minimum atomic E-state index is -0.160. The van der Waals surface area contributed by atoms with Gasteiger partial charge in [-0.25, -0.2) is 9.97 Å². The summed E-state index contributed by atoms with van der Waals surface area (Å²) in [5.74, 6) is 1.03. The number of hydrogen-bond acceptors (Lipinski definition) is 4. The van der Waals surface area contributed by atoms with E-state index in [-0.39, 0.29) is 5.91 Å². The highest BCUT2D eigenvalue weighted by Gasteiger charge is 2.10. The quantitative estimate of drug-likeness (QED) is 0.788. The maximum absolute atomic E-state index is 11.7. The summed E-state index contributed by atoms with van der Waals surface area (Å²) >= 11 is 0. The van der Waals surface area contributed by atoms with Gasteiger partial charge in [0.2, 0.25) is 0 Å². The Kier molecular flexibility index (Phi) is 5.39. The summed E-state index contributed by atoms with van der Waals surface area (Å²) in [5, 5.41) is 5.73. The van der Waals surface area contributed by atoms with Crippen molar-refractivity contribution in [1.29, 1.82) is 0 Å². The maximum Gasteiger partial charge on any atom is 0.271 e. The first-order valence-electron chi connectivity index (χ1n) is 5.99. The second-order valence-corrected chi connectivity index (χ2v) is 3.93. The van der Waals surface area contributed by atoms with Crippen molar-refractivity contribution in [3.05, 3.63) is 18.1 Å². The molecule has 0 saturated heterocycles. The average Bonchev–Trinajstić information content (AvgIpc) is 2.39. The molecule has 0 bridgehead atoms. The Labute approximate surface area is 102 Å². The van der Waals surface area contributed by atoms with E-state index in [9.17, 15) is 4.79 Å². The van der Waals surface area contributed by atoms with Crippen LogP contribution in [0, 0.1) is 5.92 Å². The third-order valence-corrected chi connectivity index (χ3v) is 2.85. The van der Waals surface area contributed by atoms with Gasteiger partial charge in [0.25, 0.3) is 5.91 Å². The Balaban J connectivity index is 2.51. The highest BCUT2D eigenvalue weighted by atomic mass is 16.1. The van der Waals surface area contributed by atoms with Crippen LogP contribution >= 0.6 is 0 Å². The molecule has 0 aliphatic carbocycles. The number of nitrogens with one attached hydrogen (secondary N) is 2. The molecule has 0 radical (unpaired) electrons. The SMILES string of the molecule is CCC(CC)CNC(=O)c1cnc(NC)cn1. The zero-order valence-corrected chi connectivity index (χ0v) is 10.7. The highest BCUT2D eigenvalue weighted by molar-refractivity contribution is 5.91. The summed E-state index contributed by atoms with van der Waals surface area (Å²) in [7, 11) is 1.76. The molecule has 0 aliphatic heterocycles. The second-order valence-electron chi connectivity index (χ2n) is 3.93. The summed E-state index contributed by atoms with van der Waals surface area (Å²) in [6, 6.07) is 0. The van der Waals surface area contributed by atoms with Crippen LogP contribution in [0.15, 0.2) is 12.4 Å². The minimum Gasteiger partial charge on any atom is -0.372 e. The number of carbonyl (C=O) groups excluding carboxylic acids is 1. The van der Waals surface area contributed by atoms with Gasteiger partial charge in [-0.3, -0.25) is 4.79 Å². The molecule has 94 valence electrons. The smallest absolute Gasteiger partial charge is 0.271 e. The molecule has 1 amide bonds. The van der Waals surface area contributed by atoms with Crippen molar-refractivity contribution in [2.24, 2.45) is 5.92 Å². The van der Waals surface area contributed by atoms with E-state index in [1.54, 1.807) is 13.2 Å². The average molecular weight is 236 g/mol. The molecule has 2 N–H and O–H groups in total. The largest absolute Gasteiger partial charge is 0.372 e. The van der Waals surface area contributed by atoms with Gasteiger partial charge in [0.15, 0.2) is 0 Å². The van der Waals surface area contributed by atoms with Crippen LogP contribution in [0.4, 0.5) is 5.82 Å². The molecule has 1 rings (SSSR count). The van der Waals surface area contributed by atoms with Gasteiger partial charge in [0.05, 0.1) is 12.4 Å². The molecule has 0 atom stereocenters. The van der Waals surface area contributed by atoms with E-state index in [1.807, 2.05) is 0 Å². The number of hydrogen-bond donors (Lipinski definition) is 2. The lowest BCUT2D eigenvalue weighted by Crippen LogP contribution is -2.29. The molecular formula is C12H20N4O. The lowest BCUT2D eigenvalue weighted by molar-refractivity contribution is 0.0941. The summed E-state index contributed by atoms with van der Waals surface area (Å²) in [4.78, 5) is 19.8. The molecule has 17 heavy (non-hydrogen) atoms. The number of nitrogens with zero attached hydrogens (tertiary/aromatic N) is 2. The van der Waals surface area contributed by atoms with E-state index in [0.717, 1.165) is 12.8 Å². The number of aromatic nitrogens is 2. The Morgan fingerprint density at radius 3 is 2.47 bits per heavy atom. The lowest BCUT2D eigenvalue weighted by Gasteiger charge is -2.12. The zero-order chi connectivity index (χ0) is 12.7. The van der Waals surface area contributed by atoms with E-state index >= 15 is 0 Å². The molecule has 0 aliphatic rings. The van der Waals surface area contributed by atoms with Crippen LogP contribution in [0.1, 0.15) is 37.2 Å². The van der Waals surface area contributed by atoms with Crippen LogP contribution < -0.4 is 10.6 Å². The van der Waals surface area contributed by atoms with Crippen molar-refractivity contribution in [2.75, 3.05) is 18.9 Å². The van der Waals surface area contributed by atoms with Crippen LogP contribution in [-0.2, 0) is 0 Å². The first-order valence-corrected chi connectivity index (χ1v) is 5.99. The van der Waals surface area contributed by atoms with Crippen LogP contribution in [0.25, 0.3) is 0 Å². The fraction of sp³-hybridized carbons (Fsp3) is 0.583. The van der Waals surface area contributed by atoms with Gasteiger partial charge in [-0.05, 0) is 5.92 Å². The lowest BCUT2D eigenvalue weighted by atomic mass is 10.0. The van der Waals surface area contributed by atoms with E-state index in [4.69, 9.17) is 0 Å². The molecule has 1 aromatic heterocycles. The monoisotopic (exact) mass is 236 g/mol. The van der Waals surface area contributed by atoms with Crippen molar-refractivity contribution in [1.82, 2.24) is 15.3 Å².